The number of methoxy groups -OCH3 is 1. The maximum absolute atomic E-state index is 10.6. The van der Waals surface area contributed by atoms with Gasteiger partial charge in [-0.2, -0.15) is 0 Å². The van der Waals surface area contributed by atoms with Gasteiger partial charge in [0.25, 0.3) is 0 Å². The molecule has 5 nitrogen and oxygen atoms in total. The number of nitrogens with zero attached hydrogens (tertiary/aromatic N) is 2. The van der Waals surface area contributed by atoms with Gasteiger partial charge in [0.1, 0.15) is 5.75 Å². The number of carboxylic acids is 1. The zero-order valence-electron chi connectivity index (χ0n) is 12.6. The van der Waals surface area contributed by atoms with E-state index in [1.807, 2.05) is 12.1 Å². The maximum atomic E-state index is 10.6. The highest BCUT2D eigenvalue weighted by atomic mass is 16.5. The van der Waals surface area contributed by atoms with Gasteiger partial charge in [0, 0.05) is 26.2 Å². The van der Waals surface area contributed by atoms with Crippen molar-refractivity contribution in [2.24, 2.45) is 0 Å². The van der Waals surface area contributed by atoms with E-state index in [0.29, 0.717) is 6.54 Å². The second kappa shape index (κ2) is 8.00. The first kappa shape index (κ1) is 15.8. The van der Waals surface area contributed by atoms with Crippen LogP contribution >= 0.6 is 0 Å². The summed E-state index contributed by atoms with van der Waals surface area (Å²) in [5.74, 6) is 0.170. The zero-order valence-corrected chi connectivity index (χ0v) is 12.6. The number of carboxylic acid groups (broad SMARTS) is 1. The highest BCUT2D eigenvalue weighted by Crippen LogP contribution is 2.14. The van der Waals surface area contributed by atoms with Crippen LogP contribution in [0.3, 0.4) is 0 Å². The predicted octanol–water partition coefficient (Wildman–Crippen LogP) is 1.68. The van der Waals surface area contributed by atoms with Crippen molar-refractivity contribution >= 4 is 5.97 Å². The van der Waals surface area contributed by atoms with Gasteiger partial charge in [-0.15, -0.1) is 0 Å². The molecule has 1 saturated heterocycles. The Balaban J connectivity index is 1.80. The topological polar surface area (TPSA) is 53.0 Å². The first-order valence-electron chi connectivity index (χ1n) is 7.47. The minimum Gasteiger partial charge on any atom is -0.497 e. The minimum absolute atomic E-state index is 0.235. The summed E-state index contributed by atoms with van der Waals surface area (Å²) in [7, 11) is 1.68. The molecule has 0 spiro atoms. The van der Waals surface area contributed by atoms with Crippen molar-refractivity contribution in [2.75, 3.05) is 39.8 Å². The molecule has 116 valence electrons. The second-order valence-electron chi connectivity index (χ2n) is 5.46. The van der Waals surface area contributed by atoms with Crippen molar-refractivity contribution < 1.29 is 14.6 Å². The predicted molar refractivity (Wildman–Crippen MR) is 81.6 cm³/mol. The van der Waals surface area contributed by atoms with Crippen LogP contribution in [0.5, 0.6) is 5.75 Å². The van der Waals surface area contributed by atoms with Gasteiger partial charge in [0.2, 0.25) is 0 Å². The summed E-state index contributed by atoms with van der Waals surface area (Å²) in [6, 6.07) is 8.19. The quantitative estimate of drug-likeness (QED) is 0.864. The van der Waals surface area contributed by atoms with E-state index in [0.717, 1.165) is 44.9 Å². The number of benzene rings is 1. The van der Waals surface area contributed by atoms with E-state index >= 15 is 0 Å². The molecular weight excluding hydrogens is 268 g/mol. The Kier molecular flexibility index (Phi) is 6.02. The summed E-state index contributed by atoms with van der Waals surface area (Å²) in [6.07, 6.45) is 1.33. The van der Waals surface area contributed by atoms with E-state index < -0.39 is 5.97 Å². The minimum atomic E-state index is -0.714. The Morgan fingerprint density at radius 3 is 2.48 bits per heavy atom. The van der Waals surface area contributed by atoms with Crippen molar-refractivity contribution in [1.29, 1.82) is 0 Å². The van der Waals surface area contributed by atoms with Gasteiger partial charge in [-0.25, -0.2) is 0 Å². The molecular formula is C16H24N2O3. The van der Waals surface area contributed by atoms with Crippen LogP contribution in [-0.4, -0.2) is 60.7 Å². The van der Waals surface area contributed by atoms with Crippen LogP contribution < -0.4 is 4.74 Å². The summed E-state index contributed by atoms with van der Waals surface area (Å²) in [4.78, 5) is 15.3. The van der Waals surface area contributed by atoms with E-state index in [1.54, 1.807) is 7.11 Å². The molecule has 0 bridgehead atoms. The van der Waals surface area contributed by atoms with Crippen molar-refractivity contribution in [3.63, 3.8) is 0 Å². The highest BCUT2D eigenvalue weighted by Gasteiger charge is 2.15. The lowest BCUT2D eigenvalue weighted by Gasteiger charge is -2.21. The van der Waals surface area contributed by atoms with Crippen LogP contribution in [0.1, 0.15) is 18.4 Å². The van der Waals surface area contributed by atoms with Gasteiger partial charge in [0.05, 0.1) is 13.5 Å². The Hall–Kier alpha value is -1.59. The van der Waals surface area contributed by atoms with Crippen molar-refractivity contribution in [3.8, 4) is 5.75 Å². The van der Waals surface area contributed by atoms with Crippen LogP contribution in [-0.2, 0) is 11.3 Å². The molecule has 2 rings (SSSR count). The number of rotatable bonds is 6. The van der Waals surface area contributed by atoms with Gasteiger partial charge in [-0.1, -0.05) is 12.1 Å². The molecule has 1 fully saturated rings. The van der Waals surface area contributed by atoms with Crippen LogP contribution in [0.15, 0.2) is 24.3 Å². The van der Waals surface area contributed by atoms with Crippen molar-refractivity contribution in [1.82, 2.24) is 9.80 Å². The lowest BCUT2D eigenvalue weighted by atomic mass is 10.2. The van der Waals surface area contributed by atoms with Gasteiger partial charge < -0.3 is 14.7 Å². The van der Waals surface area contributed by atoms with Crippen LogP contribution in [0.2, 0.25) is 0 Å². The molecule has 1 aromatic rings. The molecule has 0 aliphatic carbocycles. The number of hydrogen-bond acceptors (Lipinski definition) is 4. The number of hydrogen-bond donors (Lipinski definition) is 1. The molecule has 1 aromatic carbocycles. The van der Waals surface area contributed by atoms with Gasteiger partial charge in [-0.3, -0.25) is 9.69 Å². The third-order valence-electron chi connectivity index (χ3n) is 3.89. The molecule has 1 aliphatic heterocycles. The van der Waals surface area contributed by atoms with E-state index in [1.165, 1.54) is 5.56 Å². The fourth-order valence-corrected chi connectivity index (χ4v) is 2.65. The van der Waals surface area contributed by atoms with Crippen LogP contribution in [0.25, 0.3) is 0 Å². The summed E-state index contributed by atoms with van der Waals surface area (Å²) < 4.78 is 5.17. The Bertz CT molecular complexity index is 447. The third-order valence-corrected chi connectivity index (χ3v) is 3.89. The largest absolute Gasteiger partial charge is 0.497 e. The normalized spacial score (nSPS) is 17.4. The molecule has 0 aromatic heterocycles. The molecule has 0 unspecified atom stereocenters. The Labute approximate surface area is 126 Å². The Morgan fingerprint density at radius 1 is 1.14 bits per heavy atom. The van der Waals surface area contributed by atoms with E-state index in [9.17, 15) is 4.79 Å². The van der Waals surface area contributed by atoms with Gasteiger partial charge >= 0.3 is 5.97 Å². The average Bonchev–Trinajstić information content (AvgIpc) is 2.71. The molecule has 1 aliphatic rings. The summed E-state index contributed by atoms with van der Waals surface area (Å²) >= 11 is 0. The first-order chi connectivity index (χ1) is 10.2. The SMILES string of the molecule is COc1ccc(CN2CCCN(CCC(=O)O)CC2)cc1. The second-order valence-corrected chi connectivity index (χ2v) is 5.46. The monoisotopic (exact) mass is 292 g/mol. The lowest BCUT2D eigenvalue weighted by Crippen LogP contribution is -2.31. The molecule has 1 N–H and O–H groups in total. The molecule has 0 amide bonds. The van der Waals surface area contributed by atoms with Gasteiger partial charge in [-0.05, 0) is 37.2 Å². The number of ether oxygens (including phenoxy) is 1. The molecule has 5 heteroatoms. The fraction of sp³-hybridized carbons (Fsp3) is 0.562. The van der Waals surface area contributed by atoms with E-state index in [2.05, 4.69) is 21.9 Å². The van der Waals surface area contributed by atoms with E-state index in [-0.39, 0.29) is 6.42 Å². The highest BCUT2D eigenvalue weighted by molar-refractivity contribution is 5.66. The van der Waals surface area contributed by atoms with E-state index in [4.69, 9.17) is 9.84 Å². The molecule has 21 heavy (non-hydrogen) atoms. The molecule has 1 heterocycles. The van der Waals surface area contributed by atoms with Crippen LogP contribution in [0.4, 0.5) is 0 Å². The first-order valence-corrected chi connectivity index (χ1v) is 7.47. The number of carbonyl (C=O) groups is 1. The standard InChI is InChI=1S/C16H24N2O3/c1-21-15-5-3-14(4-6-15)13-18-9-2-8-17(11-12-18)10-7-16(19)20/h3-6H,2,7-13H2,1H3,(H,19,20). The smallest absolute Gasteiger partial charge is 0.304 e. The molecule has 0 atom stereocenters. The summed E-state index contributed by atoms with van der Waals surface area (Å²) in [5.41, 5.74) is 1.29. The lowest BCUT2D eigenvalue weighted by molar-refractivity contribution is -0.137. The summed E-state index contributed by atoms with van der Waals surface area (Å²) in [5, 5.41) is 8.76. The van der Waals surface area contributed by atoms with Crippen molar-refractivity contribution in [3.05, 3.63) is 29.8 Å². The third kappa shape index (κ3) is 5.36. The maximum Gasteiger partial charge on any atom is 0.304 e. The van der Waals surface area contributed by atoms with Crippen LogP contribution in [0, 0.1) is 0 Å². The fourth-order valence-electron chi connectivity index (χ4n) is 2.65. The average molecular weight is 292 g/mol. The zero-order chi connectivity index (χ0) is 15.1. The van der Waals surface area contributed by atoms with Gasteiger partial charge in [0.15, 0.2) is 0 Å². The summed E-state index contributed by atoms with van der Waals surface area (Å²) in [6.45, 7) is 5.60. The number of aliphatic carboxylic acids is 1. The van der Waals surface area contributed by atoms with Crippen molar-refractivity contribution in [2.45, 2.75) is 19.4 Å². The molecule has 0 radical (unpaired) electrons. The molecule has 0 saturated carbocycles. The Morgan fingerprint density at radius 2 is 1.81 bits per heavy atom.